The summed E-state index contributed by atoms with van der Waals surface area (Å²) >= 11 is 0. The van der Waals surface area contributed by atoms with E-state index in [0.717, 1.165) is 24.2 Å². The normalized spacial score (nSPS) is 17.2. The number of fused-ring (bicyclic) bond motifs is 1. The second-order valence-corrected chi connectivity index (χ2v) is 6.53. The summed E-state index contributed by atoms with van der Waals surface area (Å²) in [5, 5.41) is 21.3. The van der Waals surface area contributed by atoms with Gasteiger partial charge in [-0.2, -0.15) is 0 Å². The van der Waals surface area contributed by atoms with Gasteiger partial charge in [-0.05, 0) is 49.7 Å². The SMILES string of the molecule is Oc1ccc(C(c2c[nH]c3ccccc23)N2CCCCC2)c(O)c1. The number of aromatic nitrogens is 1. The summed E-state index contributed by atoms with van der Waals surface area (Å²) in [4.78, 5) is 5.79. The number of nitrogens with zero attached hydrogens (tertiary/aromatic N) is 1. The maximum Gasteiger partial charge on any atom is 0.124 e. The van der Waals surface area contributed by atoms with Gasteiger partial charge in [0, 0.05) is 28.7 Å². The smallest absolute Gasteiger partial charge is 0.124 e. The lowest BCUT2D eigenvalue weighted by atomic mass is 9.94. The van der Waals surface area contributed by atoms with Crippen molar-refractivity contribution in [2.45, 2.75) is 25.3 Å². The molecule has 1 atom stereocenters. The lowest BCUT2D eigenvalue weighted by Crippen LogP contribution is -2.34. The minimum Gasteiger partial charge on any atom is -0.508 e. The first-order valence-electron chi connectivity index (χ1n) is 8.56. The van der Waals surface area contributed by atoms with Gasteiger partial charge in [0.2, 0.25) is 0 Å². The number of rotatable bonds is 3. The fourth-order valence-electron chi connectivity index (χ4n) is 3.82. The van der Waals surface area contributed by atoms with Crippen molar-refractivity contribution in [2.24, 2.45) is 0 Å². The number of hydrogen-bond acceptors (Lipinski definition) is 3. The van der Waals surface area contributed by atoms with E-state index in [-0.39, 0.29) is 17.5 Å². The van der Waals surface area contributed by atoms with Crippen LogP contribution in [0.15, 0.2) is 48.7 Å². The molecule has 0 spiro atoms. The van der Waals surface area contributed by atoms with E-state index >= 15 is 0 Å². The molecule has 0 saturated carbocycles. The molecule has 4 nitrogen and oxygen atoms in total. The number of phenolic OH excluding ortho intramolecular Hbond substituents is 2. The van der Waals surface area contributed by atoms with Crippen LogP contribution in [0.5, 0.6) is 11.5 Å². The molecular weight excluding hydrogens is 300 g/mol. The van der Waals surface area contributed by atoms with Crippen molar-refractivity contribution in [3.63, 3.8) is 0 Å². The third-order valence-electron chi connectivity index (χ3n) is 4.98. The molecule has 0 bridgehead atoms. The van der Waals surface area contributed by atoms with E-state index in [0.29, 0.717) is 0 Å². The Morgan fingerprint density at radius 2 is 1.71 bits per heavy atom. The number of aromatic amines is 1. The van der Waals surface area contributed by atoms with E-state index in [1.807, 2.05) is 18.2 Å². The van der Waals surface area contributed by atoms with E-state index in [1.165, 1.54) is 36.3 Å². The Labute approximate surface area is 141 Å². The van der Waals surface area contributed by atoms with Crippen LogP contribution in [-0.2, 0) is 0 Å². The second-order valence-electron chi connectivity index (χ2n) is 6.53. The molecule has 3 N–H and O–H groups in total. The molecule has 1 saturated heterocycles. The zero-order chi connectivity index (χ0) is 16.5. The number of nitrogens with one attached hydrogen (secondary N) is 1. The zero-order valence-corrected chi connectivity index (χ0v) is 13.6. The van der Waals surface area contributed by atoms with Crippen LogP contribution in [0.1, 0.15) is 36.4 Å². The molecule has 4 rings (SSSR count). The van der Waals surface area contributed by atoms with Crippen LogP contribution in [0.2, 0.25) is 0 Å². The Hall–Kier alpha value is -2.46. The highest BCUT2D eigenvalue weighted by Gasteiger charge is 2.28. The summed E-state index contributed by atoms with van der Waals surface area (Å²) in [6.45, 7) is 2.04. The van der Waals surface area contributed by atoms with Gasteiger partial charge in [0.15, 0.2) is 0 Å². The molecule has 124 valence electrons. The average molecular weight is 322 g/mol. The van der Waals surface area contributed by atoms with E-state index in [2.05, 4.69) is 28.2 Å². The molecule has 1 fully saturated rings. The second kappa shape index (κ2) is 6.21. The molecule has 0 amide bonds. The van der Waals surface area contributed by atoms with Crippen molar-refractivity contribution in [1.82, 2.24) is 9.88 Å². The van der Waals surface area contributed by atoms with Crippen molar-refractivity contribution < 1.29 is 10.2 Å². The third kappa shape index (κ3) is 2.63. The predicted molar refractivity (Wildman–Crippen MR) is 95.3 cm³/mol. The van der Waals surface area contributed by atoms with Crippen molar-refractivity contribution in [3.05, 3.63) is 59.8 Å². The highest BCUT2D eigenvalue weighted by Crippen LogP contribution is 2.39. The molecule has 2 heterocycles. The number of phenols is 2. The first-order chi connectivity index (χ1) is 11.7. The number of benzene rings is 2. The highest BCUT2D eigenvalue weighted by molar-refractivity contribution is 5.84. The minimum absolute atomic E-state index is 0.0120. The third-order valence-corrected chi connectivity index (χ3v) is 4.98. The lowest BCUT2D eigenvalue weighted by molar-refractivity contribution is 0.185. The Kier molecular flexibility index (Phi) is 3.90. The summed E-state index contributed by atoms with van der Waals surface area (Å²) in [7, 11) is 0. The number of para-hydroxylation sites is 1. The zero-order valence-electron chi connectivity index (χ0n) is 13.6. The molecule has 1 aliphatic heterocycles. The predicted octanol–water partition coefficient (Wildman–Crippen LogP) is 4.15. The van der Waals surface area contributed by atoms with E-state index in [4.69, 9.17) is 0 Å². The van der Waals surface area contributed by atoms with Crippen LogP contribution in [0.25, 0.3) is 10.9 Å². The molecule has 0 radical (unpaired) electrons. The van der Waals surface area contributed by atoms with Gasteiger partial charge in [0.25, 0.3) is 0 Å². The van der Waals surface area contributed by atoms with Crippen LogP contribution in [0.4, 0.5) is 0 Å². The van der Waals surface area contributed by atoms with Crippen LogP contribution in [-0.4, -0.2) is 33.2 Å². The van der Waals surface area contributed by atoms with Crippen molar-refractivity contribution in [1.29, 1.82) is 0 Å². The molecule has 4 heteroatoms. The van der Waals surface area contributed by atoms with E-state index in [9.17, 15) is 10.2 Å². The Morgan fingerprint density at radius 3 is 2.50 bits per heavy atom. The monoisotopic (exact) mass is 322 g/mol. The van der Waals surface area contributed by atoms with Gasteiger partial charge in [0.05, 0.1) is 6.04 Å². The molecular formula is C20H22N2O2. The molecule has 24 heavy (non-hydrogen) atoms. The molecule has 1 unspecified atom stereocenters. The Bertz CT molecular complexity index is 850. The van der Waals surface area contributed by atoms with Crippen molar-refractivity contribution in [3.8, 4) is 11.5 Å². The van der Waals surface area contributed by atoms with Crippen molar-refractivity contribution >= 4 is 10.9 Å². The highest BCUT2D eigenvalue weighted by atomic mass is 16.3. The Balaban J connectivity index is 1.86. The summed E-state index contributed by atoms with van der Waals surface area (Å²) in [5.74, 6) is 0.239. The van der Waals surface area contributed by atoms with Gasteiger partial charge in [-0.1, -0.05) is 24.6 Å². The quantitative estimate of drug-likeness (QED) is 0.679. The fourth-order valence-corrected chi connectivity index (χ4v) is 3.82. The first kappa shape index (κ1) is 15.1. The maximum atomic E-state index is 10.5. The van der Waals surface area contributed by atoms with Crippen LogP contribution in [0, 0.1) is 0 Å². The number of H-pyrrole nitrogens is 1. The molecule has 2 aromatic carbocycles. The van der Waals surface area contributed by atoms with Gasteiger partial charge < -0.3 is 15.2 Å². The number of likely N-dealkylation sites (tertiary alicyclic amines) is 1. The summed E-state index contributed by atoms with van der Waals surface area (Å²) in [6, 6.07) is 13.2. The lowest BCUT2D eigenvalue weighted by Gasteiger charge is -2.35. The van der Waals surface area contributed by atoms with Gasteiger partial charge in [-0.25, -0.2) is 0 Å². The van der Waals surface area contributed by atoms with Gasteiger partial charge >= 0.3 is 0 Å². The summed E-state index contributed by atoms with van der Waals surface area (Å²) in [5.41, 5.74) is 3.13. The van der Waals surface area contributed by atoms with E-state index < -0.39 is 0 Å². The summed E-state index contributed by atoms with van der Waals surface area (Å²) in [6.07, 6.45) is 5.67. The van der Waals surface area contributed by atoms with Crippen molar-refractivity contribution in [2.75, 3.05) is 13.1 Å². The minimum atomic E-state index is -0.0120. The Morgan fingerprint density at radius 1 is 0.917 bits per heavy atom. The van der Waals surface area contributed by atoms with Gasteiger partial charge in [0.1, 0.15) is 11.5 Å². The molecule has 3 aromatic rings. The summed E-state index contributed by atoms with van der Waals surface area (Å²) < 4.78 is 0. The average Bonchev–Trinajstić information content (AvgIpc) is 3.02. The molecule has 1 aromatic heterocycles. The number of piperidine rings is 1. The maximum absolute atomic E-state index is 10.5. The molecule has 1 aliphatic rings. The van der Waals surface area contributed by atoms with Crippen LogP contribution >= 0.6 is 0 Å². The van der Waals surface area contributed by atoms with Crippen LogP contribution in [0.3, 0.4) is 0 Å². The van der Waals surface area contributed by atoms with Gasteiger partial charge in [-0.3, -0.25) is 4.90 Å². The van der Waals surface area contributed by atoms with Gasteiger partial charge in [-0.15, -0.1) is 0 Å². The number of hydrogen-bond donors (Lipinski definition) is 3. The number of aromatic hydroxyl groups is 2. The largest absolute Gasteiger partial charge is 0.508 e. The fraction of sp³-hybridized carbons (Fsp3) is 0.300. The standard InChI is InChI=1S/C20H22N2O2/c23-14-8-9-16(19(24)12-14)20(22-10-4-1-5-11-22)17-13-21-18-7-3-2-6-15(17)18/h2-3,6-9,12-13,20-21,23-24H,1,4-5,10-11H2. The topological polar surface area (TPSA) is 59.5 Å². The van der Waals surface area contributed by atoms with E-state index in [1.54, 1.807) is 6.07 Å². The molecule has 0 aliphatic carbocycles. The first-order valence-corrected chi connectivity index (χ1v) is 8.56. The van der Waals surface area contributed by atoms with Crippen LogP contribution < -0.4 is 0 Å².